The monoisotopic (exact) mass is 318 g/mol. The van der Waals surface area contributed by atoms with Crippen LogP contribution in [0.15, 0.2) is 12.1 Å². The summed E-state index contributed by atoms with van der Waals surface area (Å²) in [6.07, 6.45) is 0. The van der Waals surface area contributed by atoms with Crippen LogP contribution in [0, 0.1) is 20.8 Å². The average molecular weight is 318 g/mol. The van der Waals surface area contributed by atoms with Crippen molar-refractivity contribution in [3.8, 4) is 0 Å². The maximum absolute atomic E-state index is 12.0. The van der Waals surface area contributed by atoms with Gasteiger partial charge in [-0.2, -0.15) is 0 Å². The highest BCUT2D eigenvalue weighted by Crippen LogP contribution is 2.21. The molecular formula is C17H26N4O2. The van der Waals surface area contributed by atoms with Gasteiger partial charge < -0.3 is 16.0 Å². The van der Waals surface area contributed by atoms with E-state index in [0.29, 0.717) is 6.54 Å². The summed E-state index contributed by atoms with van der Waals surface area (Å²) in [5, 5.41) is 8.69. The molecule has 0 saturated carbocycles. The third kappa shape index (κ3) is 5.04. The standard InChI is InChI=1S/C17H26N4O2/c1-12-10-13(2)15(14(3)11-12)20-17(23)16(22)19-6-9-21-7-4-18-5-8-21/h10-11,18H,4-9H2,1-3H3,(H,19,22)(H,20,23). The average Bonchev–Trinajstić information content (AvgIpc) is 2.51. The summed E-state index contributed by atoms with van der Waals surface area (Å²) in [5.41, 5.74) is 3.78. The van der Waals surface area contributed by atoms with E-state index in [1.54, 1.807) is 0 Å². The smallest absolute Gasteiger partial charge is 0.313 e. The minimum Gasteiger partial charge on any atom is -0.347 e. The van der Waals surface area contributed by atoms with Crippen molar-refractivity contribution in [3.63, 3.8) is 0 Å². The van der Waals surface area contributed by atoms with E-state index in [2.05, 4.69) is 20.9 Å². The molecule has 1 heterocycles. The molecule has 1 saturated heterocycles. The van der Waals surface area contributed by atoms with Crippen molar-refractivity contribution in [2.24, 2.45) is 0 Å². The summed E-state index contributed by atoms with van der Waals surface area (Å²) in [6.45, 7) is 11.0. The van der Waals surface area contributed by atoms with Crippen LogP contribution in [0.5, 0.6) is 0 Å². The van der Waals surface area contributed by atoms with Crippen molar-refractivity contribution in [1.29, 1.82) is 0 Å². The zero-order valence-corrected chi connectivity index (χ0v) is 14.2. The fourth-order valence-corrected chi connectivity index (χ4v) is 2.89. The predicted octanol–water partition coefficient (Wildman–Crippen LogP) is 0.572. The summed E-state index contributed by atoms with van der Waals surface area (Å²) in [7, 11) is 0. The van der Waals surface area contributed by atoms with E-state index in [9.17, 15) is 9.59 Å². The number of amides is 2. The van der Waals surface area contributed by atoms with Crippen molar-refractivity contribution >= 4 is 17.5 Å². The van der Waals surface area contributed by atoms with Gasteiger partial charge in [0.15, 0.2) is 0 Å². The van der Waals surface area contributed by atoms with Crippen LogP contribution in [0.4, 0.5) is 5.69 Å². The topological polar surface area (TPSA) is 73.5 Å². The molecular weight excluding hydrogens is 292 g/mol. The molecule has 0 bridgehead atoms. The molecule has 0 aliphatic carbocycles. The Morgan fingerprint density at radius 3 is 2.30 bits per heavy atom. The molecule has 2 rings (SSSR count). The molecule has 6 heteroatoms. The van der Waals surface area contributed by atoms with E-state index in [-0.39, 0.29) is 0 Å². The van der Waals surface area contributed by atoms with E-state index in [4.69, 9.17) is 0 Å². The highest BCUT2D eigenvalue weighted by molar-refractivity contribution is 6.39. The first kappa shape index (κ1) is 17.4. The highest BCUT2D eigenvalue weighted by Gasteiger charge is 2.16. The van der Waals surface area contributed by atoms with Crippen molar-refractivity contribution in [3.05, 3.63) is 28.8 Å². The highest BCUT2D eigenvalue weighted by atomic mass is 16.2. The Morgan fingerprint density at radius 2 is 1.70 bits per heavy atom. The first-order valence-electron chi connectivity index (χ1n) is 8.07. The Hall–Kier alpha value is -1.92. The van der Waals surface area contributed by atoms with E-state index in [1.807, 2.05) is 32.9 Å². The van der Waals surface area contributed by atoms with Crippen LogP contribution in [-0.4, -0.2) is 56.0 Å². The molecule has 0 aromatic heterocycles. The normalized spacial score (nSPS) is 15.3. The lowest BCUT2D eigenvalue weighted by Crippen LogP contribution is -2.47. The summed E-state index contributed by atoms with van der Waals surface area (Å²) in [5.74, 6) is -1.19. The molecule has 6 nitrogen and oxygen atoms in total. The third-order valence-corrected chi connectivity index (χ3v) is 4.04. The number of carbonyl (C=O) groups is 2. The second kappa shape index (κ2) is 8.08. The second-order valence-corrected chi connectivity index (χ2v) is 6.08. The molecule has 3 N–H and O–H groups in total. The number of hydrogen-bond donors (Lipinski definition) is 3. The Balaban J connectivity index is 1.82. The largest absolute Gasteiger partial charge is 0.347 e. The quantitative estimate of drug-likeness (QED) is 0.710. The molecule has 0 unspecified atom stereocenters. The Kier molecular flexibility index (Phi) is 6.12. The number of aryl methyl sites for hydroxylation is 3. The van der Waals surface area contributed by atoms with Gasteiger partial charge in [0.25, 0.3) is 0 Å². The molecule has 1 aliphatic rings. The number of nitrogens with zero attached hydrogens (tertiary/aromatic N) is 1. The predicted molar refractivity (Wildman–Crippen MR) is 91.6 cm³/mol. The maximum Gasteiger partial charge on any atom is 0.313 e. The van der Waals surface area contributed by atoms with Gasteiger partial charge in [0, 0.05) is 45.0 Å². The first-order valence-corrected chi connectivity index (χ1v) is 8.07. The van der Waals surface area contributed by atoms with Gasteiger partial charge in [-0.15, -0.1) is 0 Å². The molecule has 1 aliphatic heterocycles. The summed E-state index contributed by atoms with van der Waals surface area (Å²) < 4.78 is 0. The molecule has 2 amide bonds. The Bertz CT molecular complexity index is 557. The molecule has 0 radical (unpaired) electrons. The summed E-state index contributed by atoms with van der Waals surface area (Å²) in [4.78, 5) is 26.2. The first-order chi connectivity index (χ1) is 11.0. The third-order valence-electron chi connectivity index (χ3n) is 4.04. The van der Waals surface area contributed by atoms with Gasteiger partial charge in [0.2, 0.25) is 0 Å². The lowest BCUT2D eigenvalue weighted by atomic mass is 10.1. The summed E-state index contributed by atoms with van der Waals surface area (Å²) in [6, 6.07) is 3.98. The number of rotatable bonds is 4. The fraction of sp³-hybridized carbons (Fsp3) is 0.529. The van der Waals surface area contributed by atoms with Gasteiger partial charge in [0.1, 0.15) is 0 Å². The van der Waals surface area contributed by atoms with Crippen LogP contribution in [-0.2, 0) is 9.59 Å². The Morgan fingerprint density at radius 1 is 1.09 bits per heavy atom. The van der Waals surface area contributed by atoms with Crippen LogP contribution in [0.25, 0.3) is 0 Å². The minimum atomic E-state index is -0.611. The number of hydrogen-bond acceptors (Lipinski definition) is 4. The summed E-state index contributed by atoms with van der Waals surface area (Å²) >= 11 is 0. The van der Waals surface area contributed by atoms with Crippen LogP contribution >= 0.6 is 0 Å². The second-order valence-electron chi connectivity index (χ2n) is 6.08. The molecule has 1 aromatic rings. The van der Waals surface area contributed by atoms with E-state index in [0.717, 1.165) is 55.1 Å². The van der Waals surface area contributed by atoms with E-state index in [1.165, 1.54) is 0 Å². The zero-order chi connectivity index (χ0) is 16.8. The Labute approximate surface area is 137 Å². The lowest BCUT2D eigenvalue weighted by Gasteiger charge is -2.27. The van der Waals surface area contributed by atoms with Crippen molar-refractivity contribution in [2.75, 3.05) is 44.6 Å². The molecule has 0 spiro atoms. The van der Waals surface area contributed by atoms with Crippen LogP contribution in [0.1, 0.15) is 16.7 Å². The van der Waals surface area contributed by atoms with Crippen LogP contribution in [0.3, 0.4) is 0 Å². The number of nitrogens with one attached hydrogen (secondary N) is 3. The van der Waals surface area contributed by atoms with Crippen LogP contribution in [0.2, 0.25) is 0 Å². The number of piperazine rings is 1. The van der Waals surface area contributed by atoms with Crippen molar-refractivity contribution in [2.45, 2.75) is 20.8 Å². The van der Waals surface area contributed by atoms with Crippen molar-refractivity contribution < 1.29 is 9.59 Å². The van der Waals surface area contributed by atoms with Gasteiger partial charge in [-0.3, -0.25) is 14.5 Å². The van der Waals surface area contributed by atoms with Gasteiger partial charge in [0.05, 0.1) is 0 Å². The molecule has 0 atom stereocenters. The van der Waals surface area contributed by atoms with Gasteiger partial charge in [-0.25, -0.2) is 0 Å². The van der Waals surface area contributed by atoms with E-state index < -0.39 is 11.8 Å². The van der Waals surface area contributed by atoms with Crippen molar-refractivity contribution in [1.82, 2.24) is 15.5 Å². The number of anilines is 1. The van der Waals surface area contributed by atoms with Gasteiger partial charge in [-0.1, -0.05) is 17.7 Å². The molecule has 1 aromatic carbocycles. The SMILES string of the molecule is Cc1cc(C)c(NC(=O)C(=O)NCCN2CCNCC2)c(C)c1. The fourth-order valence-electron chi connectivity index (χ4n) is 2.89. The minimum absolute atomic E-state index is 0.484. The molecule has 1 fully saturated rings. The molecule has 126 valence electrons. The van der Waals surface area contributed by atoms with Crippen LogP contribution < -0.4 is 16.0 Å². The number of benzene rings is 1. The maximum atomic E-state index is 12.0. The lowest BCUT2D eigenvalue weighted by molar-refractivity contribution is -0.136. The van der Waals surface area contributed by atoms with Gasteiger partial charge >= 0.3 is 11.8 Å². The number of carbonyl (C=O) groups excluding carboxylic acids is 2. The molecule has 23 heavy (non-hydrogen) atoms. The van der Waals surface area contributed by atoms with E-state index >= 15 is 0 Å². The zero-order valence-electron chi connectivity index (χ0n) is 14.2. The van der Waals surface area contributed by atoms with Gasteiger partial charge in [-0.05, 0) is 31.9 Å².